The van der Waals surface area contributed by atoms with Crippen molar-refractivity contribution in [2.75, 3.05) is 13.1 Å². The summed E-state index contributed by atoms with van der Waals surface area (Å²) in [7, 11) is -4.15. The summed E-state index contributed by atoms with van der Waals surface area (Å²) in [4.78, 5) is 14.4. The normalized spacial score (nSPS) is 16.9. The predicted molar refractivity (Wildman–Crippen MR) is 135 cm³/mol. The zero-order valence-corrected chi connectivity index (χ0v) is 21.6. The molecule has 6 nitrogen and oxygen atoms in total. The number of hydrogen-bond acceptors (Lipinski definition) is 4. The average molecular weight is 563 g/mol. The molecule has 1 aliphatic heterocycles. The highest BCUT2D eigenvalue weighted by molar-refractivity contribution is 7.89. The molecule has 11 heteroatoms. The Bertz CT molecular complexity index is 1430. The van der Waals surface area contributed by atoms with E-state index in [1.807, 2.05) is 0 Å². The number of carbonyl (C=O) groups is 1. The minimum Gasteiger partial charge on any atom is -0.457 e. The molecule has 1 saturated heterocycles. The standard InChI is InChI=1S/C28H26F4N2O4S/c29-21-6-12-25(13-7-21)38-24-10-4-19(5-11-24)27(35)33-16-14-23(15-17-33)34(22-8-9-22)39(36,37)26-3-1-2-20(18-26)28(30,31)32/h1-7,10-13,18,22-23H,8-9,14-17H2. The summed E-state index contributed by atoms with van der Waals surface area (Å²) in [6.45, 7) is 0.636. The summed E-state index contributed by atoms with van der Waals surface area (Å²) in [6.07, 6.45) is -2.57. The molecule has 0 unspecified atom stereocenters. The topological polar surface area (TPSA) is 66.9 Å². The number of nitrogens with zero attached hydrogens (tertiary/aromatic N) is 2. The van der Waals surface area contributed by atoms with Gasteiger partial charge in [0.05, 0.1) is 10.5 Å². The molecule has 0 spiro atoms. The zero-order chi connectivity index (χ0) is 27.8. The van der Waals surface area contributed by atoms with Crippen LogP contribution >= 0.6 is 0 Å². The van der Waals surface area contributed by atoms with E-state index < -0.39 is 27.8 Å². The molecular formula is C28H26F4N2O4S. The second-order valence-electron chi connectivity index (χ2n) is 9.70. The van der Waals surface area contributed by atoms with E-state index in [9.17, 15) is 30.8 Å². The van der Waals surface area contributed by atoms with Crippen molar-refractivity contribution in [1.29, 1.82) is 0 Å². The Hall–Kier alpha value is -3.44. The van der Waals surface area contributed by atoms with Gasteiger partial charge in [0.15, 0.2) is 0 Å². The van der Waals surface area contributed by atoms with Gasteiger partial charge in [0, 0.05) is 30.7 Å². The van der Waals surface area contributed by atoms with Crippen molar-refractivity contribution < 1.29 is 35.5 Å². The number of halogens is 4. The first-order valence-electron chi connectivity index (χ1n) is 12.6. The number of piperidine rings is 1. The SMILES string of the molecule is O=C(c1ccc(Oc2ccc(F)cc2)cc1)N1CCC(N(C2CC2)S(=O)(=O)c2cccc(C(F)(F)F)c2)CC1. The maximum Gasteiger partial charge on any atom is 0.416 e. The zero-order valence-electron chi connectivity index (χ0n) is 20.8. The lowest BCUT2D eigenvalue weighted by Gasteiger charge is -2.38. The van der Waals surface area contributed by atoms with Crippen LogP contribution in [0.25, 0.3) is 0 Å². The minimum absolute atomic E-state index is 0.208. The number of rotatable bonds is 7. The Kier molecular flexibility index (Phi) is 7.39. The molecule has 3 aromatic carbocycles. The van der Waals surface area contributed by atoms with Gasteiger partial charge in [-0.25, -0.2) is 12.8 Å². The number of alkyl halides is 3. The van der Waals surface area contributed by atoms with E-state index in [1.165, 1.54) is 34.6 Å². The fourth-order valence-corrected chi connectivity index (χ4v) is 6.76. The summed E-state index contributed by atoms with van der Waals surface area (Å²) >= 11 is 0. The summed E-state index contributed by atoms with van der Waals surface area (Å²) in [5, 5.41) is 0. The third kappa shape index (κ3) is 6.09. The van der Waals surface area contributed by atoms with Crippen molar-refractivity contribution >= 4 is 15.9 Å². The molecule has 0 bridgehead atoms. The molecular weight excluding hydrogens is 536 g/mol. The van der Waals surface area contributed by atoms with Crippen LogP contribution in [0.1, 0.15) is 41.6 Å². The van der Waals surface area contributed by atoms with Gasteiger partial charge in [-0.1, -0.05) is 6.07 Å². The number of hydrogen-bond donors (Lipinski definition) is 0. The van der Waals surface area contributed by atoms with Crippen molar-refractivity contribution in [2.24, 2.45) is 0 Å². The van der Waals surface area contributed by atoms with Crippen LogP contribution in [0.2, 0.25) is 0 Å². The van der Waals surface area contributed by atoms with Gasteiger partial charge in [-0.2, -0.15) is 17.5 Å². The van der Waals surface area contributed by atoms with E-state index in [-0.39, 0.29) is 22.7 Å². The third-order valence-corrected chi connectivity index (χ3v) is 8.91. The van der Waals surface area contributed by atoms with E-state index in [4.69, 9.17) is 4.74 Å². The maximum absolute atomic E-state index is 13.5. The van der Waals surface area contributed by atoms with Gasteiger partial charge in [0.25, 0.3) is 5.91 Å². The van der Waals surface area contributed by atoms with E-state index in [0.29, 0.717) is 61.9 Å². The van der Waals surface area contributed by atoms with Crippen LogP contribution in [0, 0.1) is 5.82 Å². The summed E-state index contributed by atoms with van der Waals surface area (Å²) in [5.74, 6) is 0.357. The Morgan fingerprint density at radius 3 is 1.97 bits per heavy atom. The molecule has 39 heavy (non-hydrogen) atoms. The second kappa shape index (κ2) is 10.6. The van der Waals surface area contributed by atoms with Crippen LogP contribution in [0.5, 0.6) is 11.5 Å². The first kappa shape index (κ1) is 27.1. The Labute approximate surface area is 223 Å². The first-order valence-corrected chi connectivity index (χ1v) is 14.0. The van der Waals surface area contributed by atoms with Crippen LogP contribution < -0.4 is 4.74 Å². The lowest BCUT2D eigenvalue weighted by Crippen LogP contribution is -2.49. The van der Waals surface area contributed by atoms with Crippen molar-refractivity contribution in [3.05, 3.63) is 89.7 Å². The van der Waals surface area contributed by atoms with Crippen molar-refractivity contribution in [2.45, 2.75) is 48.8 Å². The molecule has 2 fully saturated rings. The average Bonchev–Trinajstić information content (AvgIpc) is 3.75. The molecule has 0 N–H and O–H groups in total. The molecule has 1 amide bonds. The molecule has 0 atom stereocenters. The number of ether oxygens (including phenoxy) is 1. The van der Waals surface area contributed by atoms with E-state index in [2.05, 4.69) is 0 Å². The van der Waals surface area contributed by atoms with Gasteiger partial charge >= 0.3 is 6.18 Å². The van der Waals surface area contributed by atoms with E-state index in [1.54, 1.807) is 29.2 Å². The Morgan fingerprint density at radius 2 is 1.41 bits per heavy atom. The molecule has 1 aliphatic carbocycles. The molecule has 3 aromatic rings. The van der Waals surface area contributed by atoms with E-state index >= 15 is 0 Å². The summed E-state index contributed by atoms with van der Waals surface area (Å²) in [5.41, 5.74) is -0.565. The molecule has 5 rings (SSSR count). The van der Waals surface area contributed by atoms with Gasteiger partial charge in [0.2, 0.25) is 10.0 Å². The van der Waals surface area contributed by atoms with Gasteiger partial charge in [-0.15, -0.1) is 0 Å². The molecule has 206 valence electrons. The number of likely N-dealkylation sites (tertiary alicyclic amines) is 1. The van der Waals surface area contributed by atoms with Crippen LogP contribution in [-0.2, 0) is 16.2 Å². The third-order valence-electron chi connectivity index (χ3n) is 6.91. The van der Waals surface area contributed by atoms with Gasteiger partial charge < -0.3 is 9.64 Å². The van der Waals surface area contributed by atoms with Crippen molar-refractivity contribution in [3.63, 3.8) is 0 Å². The quantitative estimate of drug-likeness (QED) is 0.327. The summed E-state index contributed by atoms with van der Waals surface area (Å²) < 4.78 is 86.6. The monoisotopic (exact) mass is 562 g/mol. The first-order chi connectivity index (χ1) is 18.5. The van der Waals surface area contributed by atoms with Crippen molar-refractivity contribution in [3.8, 4) is 11.5 Å². The smallest absolute Gasteiger partial charge is 0.416 e. The van der Waals surface area contributed by atoms with Gasteiger partial charge in [-0.3, -0.25) is 4.79 Å². The molecule has 1 saturated carbocycles. The number of benzene rings is 3. The van der Waals surface area contributed by atoms with Crippen LogP contribution in [0.4, 0.5) is 17.6 Å². The fourth-order valence-electron chi connectivity index (χ4n) is 4.78. The molecule has 0 radical (unpaired) electrons. The lowest BCUT2D eigenvalue weighted by molar-refractivity contribution is -0.137. The maximum atomic E-state index is 13.5. The summed E-state index contributed by atoms with van der Waals surface area (Å²) in [6, 6.07) is 15.3. The minimum atomic E-state index is -4.65. The van der Waals surface area contributed by atoms with Gasteiger partial charge in [0.1, 0.15) is 17.3 Å². The Balaban J connectivity index is 1.24. The molecule has 2 aliphatic rings. The second-order valence-corrected chi connectivity index (χ2v) is 11.5. The van der Waals surface area contributed by atoms with E-state index in [0.717, 1.165) is 12.1 Å². The lowest BCUT2D eigenvalue weighted by atomic mass is 10.0. The van der Waals surface area contributed by atoms with Crippen LogP contribution in [0.3, 0.4) is 0 Å². The highest BCUT2D eigenvalue weighted by atomic mass is 32.2. The predicted octanol–water partition coefficient (Wildman–Crippen LogP) is 6.09. The van der Waals surface area contributed by atoms with Crippen molar-refractivity contribution in [1.82, 2.24) is 9.21 Å². The van der Waals surface area contributed by atoms with Crippen LogP contribution in [-0.4, -0.2) is 48.7 Å². The fraction of sp³-hybridized carbons (Fsp3) is 0.321. The van der Waals surface area contributed by atoms with Gasteiger partial charge in [-0.05, 0) is 92.4 Å². The largest absolute Gasteiger partial charge is 0.457 e. The molecule has 0 aromatic heterocycles. The van der Waals surface area contributed by atoms with Crippen LogP contribution in [0.15, 0.2) is 77.7 Å². The molecule has 1 heterocycles. The number of carbonyl (C=O) groups excluding carboxylic acids is 1. The number of sulfonamides is 1. The number of amides is 1. The highest BCUT2D eigenvalue weighted by Crippen LogP contribution is 2.38. The Morgan fingerprint density at radius 1 is 0.846 bits per heavy atom. The highest BCUT2D eigenvalue weighted by Gasteiger charge is 2.44.